The van der Waals surface area contributed by atoms with Crippen molar-refractivity contribution in [1.29, 1.82) is 0 Å². The van der Waals surface area contributed by atoms with E-state index in [4.69, 9.17) is 16.3 Å². The molecule has 3 aromatic carbocycles. The molecule has 0 aromatic heterocycles. The molecular formula is C26H29ClN2O4S. The van der Waals surface area contributed by atoms with Crippen molar-refractivity contribution < 1.29 is 17.9 Å². The Labute approximate surface area is 206 Å². The average molecular weight is 501 g/mol. The molecule has 0 saturated carbocycles. The Morgan fingerprint density at radius 1 is 0.971 bits per heavy atom. The van der Waals surface area contributed by atoms with Gasteiger partial charge in [0.2, 0.25) is 5.91 Å². The van der Waals surface area contributed by atoms with E-state index in [9.17, 15) is 13.2 Å². The lowest BCUT2D eigenvalue weighted by Crippen LogP contribution is -2.50. The third-order valence-electron chi connectivity index (χ3n) is 5.09. The number of rotatable bonds is 10. The van der Waals surface area contributed by atoms with E-state index in [2.05, 4.69) is 5.32 Å². The van der Waals surface area contributed by atoms with Gasteiger partial charge in [0, 0.05) is 10.6 Å². The van der Waals surface area contributed by atoms with Crippen molar-refractivity contribution in [3.63, 3.8) is 0 Å². The van der Waals surface area contributed by atoms with Gasteiger partial charge < -0.3 is 10.1 Å². The molecule has 0 saturated heterocycles. The molecule has 0 unspecified atom stereocenters. The Morgan fingerprint density at radius 3 is 2.24 bits per heavy atom. The van der Waals surface area contributed by atoms with Crippen LogP contribution in [0.5, 0.6) is 5.75 Å². The minimum atomic E-state index is -4.09. The number of carbonyl (C=O) groups excluding carboxylic acids is 1. The molecular weight excluding hydrogens is 472 g/mol. The van der Waals surface area contributed by atoms with Gasteiger partial charge in [-0.25, -0.2) is 8.42 Å². The van der Waals surface area contributed by atoms with Gasteiger partial charge in [0.05, 0.1) is 17.2 Å². The highest BCUT2D eigenvalue weighted by molar-refractivity contribution is 7.92. The number of sulfonamides is 1. The first-order valence-corrected chi connectivity index (χ1v) is 12.8. The fourth-order valence-electron chi connectivity index (χ4n) is 3.67. The lowest BCUT2D eigenvalue weighted by Gasteiger charge is -2.30. The summed E-state index contributed by atoms with van der Waals surface area (Å²) < 4.78 is 34.0. The second kappa shape index (κ2) is 10.9. The average Bonchev–Trinajstić information content (AvgIpc) is 2.78. The number of ether oxygens (including phenoxy) is 1. The van der Waals surface area contributed by atoms with Crippen LogP contribution in [0.1, 0.15) is 26.3 Å². The first kappa shape index (κ1) is 25.6. The van der Waals surface area contributed by atoms with Crippen LogP contribution in [0.3, 0.4) is 0 Å². The van der Waals surface area contributed by atoms with Crippen LogP contribution in [-0.4, -0.2) is 33.0 Å². The zero-order chi connectivity index (χ0) is 24.8. The summed E-state index contributed by atoms with van der Waals surface area (Å²) in [6.45, 7) is 5.57. The summed E-state index contributed by atoms with van der Waals surface area (Å²) in [7, 11) is -4.09. The summed E-state index contributed by atoms with van der Waals surface area (Å²) in [6, 6.07) is 22.4. The van der Waals surface area contributed by atoms with Gasteiger partial charge in [0.25, 0.3) is 10.0 Å². The van der Waals surface area contributed by atoms with E-state index in [0.717, 1.165) is 9.87 Å². The topological polar surface area (TPSA) is 75.7 Å². The van der Waals surface area contributed by atoms with Gasteiger partial charge in [0.1, 0.15) is 12.3 Å². The second-order valence-electron chi connectivity index (χ2n) is 8.46. The molecule has 0 aliphatic rings. The zero-order valence-electron chi connectivity index (χ0n) is 19.5. The van der Waals surface area contributed by atoms with Crippen LogP contribution in [0.2, 0.25) is 5.02 Å². The molecule has 180 valence electrons. The maximum Gasteiger partial charge on any atom is 0.264 e. The van der Waals surface area contributed by atoms with E-state index in [0.29, 0.717) is 23.8 Å². The number of amides is 1. The summed E-state index contributed by atoms with van der Waals surface area (Å²) in [5.74, 6) is -0.0522. The zero-order valence-corrected chi connectivity index (χ0v) is 21.1. The molecule has 3 rings (SSSR count). The number of halogens is 1. The quantitative estimate of drug-likeness (QED) is 0.421. The van der Waals surface area contributed by atoms with Gasteiger partial charge in [-0.15, -0.1) is 0 Å². The van der Waals surface area contributed by atoms with Crippen LogP contribution >= 0.6 is 11.6 Å². The summed E-state index contributed by atoms with van der Waals surface area (Å²) in [5.41, 5.74) is 0.767. The molecule has 34 heavy (non-hydrogen) atoms. The maximum atomic E-state index is 13.6. The highest BCUT2D eigenvalue weighted by Crippen LogP contribution is 2.32. The number of para-hydroxylation sites is 2. The maximum absolute atomic E-state index is 13.6. The molecule has 1 N–H and O–H groups in total. The molecule has 6 nitrogen and oxygen atoms in total. The predicted octanol–water partition coefficient (Wildman–Crippen LogP) is 5.07. The van der Waals surface area contributed by atoms with Crippen molar-refractivity contribution in [3.05, 3.63) is 89.4 Å². The molecule has 0 atom stereocenters. The van der Waals surface area contributed by atoms with E-state index < -0.39 is 28.0 Å². The molecule has 8 heteroatoms. The third-order valence-corrected chi connectivity index (χ3v) is 7.12. The smallest absolute Gasteiger partial charge is 0.264 e. The lowest BCUT2D eigenvalue weighted by molar-refractivity contribution is -0.121. The standard InChI is InChI=1S/C26H29ClN2O4S/c1-4-33-24-13-9-8-12-23(24)29(34(31,32)22-16-14-21(27)15-17-22)19-25(30)28-26(2,3)18-20-10-6-5-7-11-20/h5-17H,4,18-19H2,1-3H3,(H,28,30). The highest BCUT2D eigenvalue weighted by Gasteiger charge is 2.31. The van der Waals surface area contributed by atoms with Gasteiger partial charge in [-0.1, -0.05) is 54.1 Å². The number of carbonyl (C=O) groups is 1. The summed E-state index contributed by atoms with van der Waals surface area (Å²) in [4.78, 5) is 13.2. The van der Waals surface area contributed by atoms with E-state index in [-0.39, 0.29) is 10.6 Å². The summed E-state index contributed by atoms with van der Waals surface area (Å²) >= 11 is 5.96. The second-order valence-corrected chi connectivity index (χ2v) is 10.8. The molecule has 1 amide bonds. The van der Waals surface area contributed by atoms with Crippen molar-refractivity contribution in [2.24, 2.45) is 0 Å². The van der Waals surface area contributed by atoms with Gasteiger partial charge in [-0.3, -0.25) is 9.10 Å². The van der Waals surface area contributed by atoms with Crippen LogP contribution in [0, 0.1) is 0 Å². The molecule has 0 fully saturated rings. The van der Waals surface area contributed by atoms with Crippen molar-refractivity contribution in [2.45, 2.75) is 37.6 Å². The number of hydrogen-bond acceptors (Lipinski definition) is 4. The van der Waals surface area contributed by atoms with Crippen LogP contribution in [0.25, 0.3) is 0 Å². The number of hydrogen-bond donors (Lipinski definition) is 1. The van der Waals surface area contributed by atoms with Gasteiger partial charge in [-0.2, -0.15) is 0 Å². The van der Waals surface area contributed by atoms with Crippen LogP contribution in [0.4, 0.5) is 5.69 Å². The summed E-state index contributed by atoms with van der Waals surface area (Å²) in [6.07, 6.45) is 0.596. The number of nitrogens with zero attached hydrogens (tertiary/aromatic N) is 1. The largest absolute Gasteiger partial charge is 0.492 e. The van der Waals surface area contributed by atoms with Gasteiger partial charge >= 0.3 is 0 Å². The molecule has 0 radical (unpaired) electrons. The molecule has 0 aliphatic heterocycles. The minimum absolute atomic E-state index is 0.0274. The molecule has 0 bridgehead atoms. The SMILES string of the molecule is CCOc1ccccc1N(CC(=O)NC(C)(C)Cc1ccccc1)S(=O)(=O)c1ccc(Cl)cc1. The van der Waals surface area contributed by atoms with Crippen molar-refractivity contribution in [2.75, 3.05) is 17.5 Å². The van der Waals surface area contributed by atoms with Gasteiger partial charge in [-0.05, 0) is 69.2 Å². The van der Waals surface area contributed by atoms with E-state index >= 15 is 0 Å². The van der Waals surface area contributed by atoms with E-state index in [1.807, 2.05) is 51.1 Å². The van der Waals surface area contributed by atoms with Crippen LogP contribution in [-0.2, 0) is 21.2 Å². The minimum Gasteiger partial charge on any atom is -0.492 e. The van der Waals surface area contributed by atoms with Crippen molar-refractivity contribution in [3.8, 4) is 5.75 Å². The van der Waals surface area contributed by atoms with Crippen molar-refractivity contribution in [1.82, 2.24) is 5.32 Å². The third kappa shape index (κ3) is 6.52. The lowest BCUT2D eigenvalue weighted by atomic mass is 9.95. The molecule has 0 spiro atoms. The first-order chi connectivity index (χ1) is 16.1. The van der Waals surface area contributed by atoms with E-state index in [1.165, 1.54) is 24.3 Å². The Bertz CT molecular complexity index is 1210. The number of benzene rings is 3. The predicted molar refractivity (Wildman–Crippen MR) is 136 cm³/mol. The Balaban J connectivity index is 1.93. The van der Waals surface area contributed by atoms with E-state index in [1.54, 1.807) is 24.3 Å². The van der Waals surface area contributed by atoms with Crippen molar-refractivity contribution >= 4 is 33.2 Å². The molecule has 0 heterocycles. The fourth-order valence-corrected chi connectivity index (χ4v) is 5.23. The van der Waals surface area contributed by atoms with Crippen LogP contribution < -0.4 is 14.4 Å². The molecule has 3 aromatic rings. The first-order valence-electron chi connectivity index (χ1n) is 11.0. The summed E-state index contributed by atoms with van der Waals surface area (Å²) in [5, 5.41) is 3.40. The Morgan fingerprint density at radius 2 is 1.59 bits per heavy atom. The Kier molecular flexibility index (Phi) is 8.23. The Hall–Kier alpha value is -3.03. The normalized spacial score (nSPS) is 11.6. The molecule has 0 aliphatic carbocycles. The monoisotopic (exact) mass is 500 g/mol. The fraction of sp³-hybridized carbons (Fsp3) is 0.269. The number of anilines is 1. The number of nitrogens with one attached hydrogen (secondary N) is 1. The van der Waals surface area contributed by atoms with Gasteiger partial charge in [0.15, 0.2) is 0 Å². The van der Waals surface area contributed by atoms with Crippen LogP contribution in [0.15, 0.2) is 83.8 Å². The highest BCUT2D eigenvalue weighted by atomic mass is 35.5.